The summed E-state index contributed by atoms with van der Waals surface area (Å²) in [4.78, 5) is 19.4. The monoisotopic (exact) mass is 384 g/mol. The maximum Gasteiger partial charge on any atom is 0.228 e. The van der Waals surface area contributed by atoms with Gasteiger partial charge in [0.25, 0.3) is 0 Å². The Bertz CT molecular complexity index is 891. The van der Waals surface area contributed by atoms with E-state index in [1.807, 2.05) is 30.3 Å². The first kappa shape index (κ1) is 19.0. The van der Waals surface area contributed by atoms with Crippen LogP contribution in [0.3, 0.4) is 0 Å². The standard InChI is InChI=1S/C21H18F2N2OS/c22-16-9-10-20(19(23)14-16)25(15-17-6-4-5-12-24-17)21(26)11-13-27-18-7-2-1-3-8-18/h1-10,12,14H,11,13,15H2. The van der Waals surface area contributed by atoms with E-state index in [4.69, 9.17) is 0 Å². The highest BCUT2D eigenvalue weighted by Gasteiger charge is 2.20. The van der Waals surface area contributed by atoms with Crippen LogP contribution >= 0.6 is 11.8 Å². The molecule has 1 heterocycles. The van der Waals surface area contributed by atoms with Crippen molar-refractivity contribution in [3.8, 4) is 0 Å². The van der Waals surface area contributed by atoms with E-state index in [2.05, 4.69) is 4.98 Å². The average Bonchev–Trinajstić information content (AvgIpc) is 2.68. The molecule has 0 aliphatic heterocycles. The van der Waals surface area contributed by atoms with Crippen molar-refractivity contribution in [1.82, 2.24) is 4.98 Å². The van der Waals surface area contributed by atoms with Crippen molar-refractivity contribution in [3.05, 3.63) is 90.3 Å². The van der Waals surface area contributed by atoms with Crippen LogP contribution in [0.1, 0.15) is 12.1 Å². The lowest BCUT2D eigenvalue weighted by molar-refractivity contribution is -0.118. The Morgan fingerprint density at radius 1 is 1.00 bits per heavy atom. The highest BCUT2D eigenvalue weighted by atomic mass is 32.2. The van der Waals surface area contributed by atoms with Crippen molar-refractivity contribution in [2.45, 2.75) is 17.9 Å². The Balaban J connectivity index is 1.75. The van der Waals surface area contributed by atoms with Gasteiger partial charge in [-0.25, -0.2) is 8.78 Å². The molecular weight excluding hydrogens is 366 g/mol. The van der Waals surface area contributed by atoms with Crippen molar-refractivity contribution < 1.29 is 13.6 Å². The third-order valence-electron chi connectivity index (χ3n) is 3.88. The van der Waals surface area contributed by atoms with Crippen LogP contribution in [0.2, 0.25) is 0 Å². The first-order valence-corrected chi connectivity index (χ1v) is 9.45. The first-order valence-electron chi connectivity index (χ1n) is 8.46. The molecule has 0 saturated heterocycles. The summed E-state index contributed by atoms with van der Waals surface area (Å²) in [6.45, 7) is 0.123. The molecule has 3 aromatic rings. The van der Waals surface area contributed by atoms with Crippen molar-refractivity contribution >= 4 is 23.4 Å². The molecule has 0 atom stereocenters. The maximum atomic E-state index is 14.3. The fraction of sp³-hybridized carbons (Fsp3) is 0.143. The lowest BCUT2D eigenvalue weighted by atomic mass is 10.2. The van der Waals surface area contributed by atoms with Gasteiger partial charge in [0.05, 0.1) is 17.9 Å². The van der Waals surface area contributed by atoms with Crippen molar-refractivity contribution in [2.24, 2.45) is 0 Å². The van der Waals surface area contributed by atoms with Crippen molar-refractivity contribution in [2.75, 3.05) is 10.7 Å². The van der Waals surface area contributed by atoms with E-state index >= 15 is 0 Å². The number of amides is 1. The third kappa shape index (κ3) is 5.37. The van der Waals surface area contributed by atoms with E-state index in [-0.39, 0.29) is 24.6 Å². The molecular formula is C21H18F2N2OS. The van der Waals surface area contributed by atoms with Gasteiger partial charge in [-0.3, -0.25) is 9.78 Å². The van der Waals surface area contributed by atoms with Crippen LogP contribution in [0, 0.1) is 11.6 Å². The number of benzene rings is 2. The van der Waals surface area contributed by atoms with Gasteiger partial charge in [0.2, 0.25) is 5.91 Å². The van der Waals surface area contributed by atoms with Gasteiger partial charge in [-0.2, -0.15) is 0 Å². The van der Waals surface area contributed by atoms with Gasteiger partial charge in [-0.1, -0.05) is 24.3 Å². The average molecular weight is 384 g/mol. The second kappa shape index (κ2) is 9.28. The summed E-state index contributed by atoms with van der Waals surface area (Å²) in [5.41, 5.74) is 0.682. The Kier molecular flexibility index (Phi) is 6.54. The summed E-state index contributed by atoms with van der Waals surface area (Å²) in [6, 6.07) is 18.3. The molecule has 27 heavy (non-hydrogen) atoms. The third-order valence-corrected chi connectivity index (χ3v) is 4.89. The molecule has 3 nitrogen and oxygen atoms in total. The SMILES string of the molecule is O=C(CCSc1ccccc1)N(Cc1ccccn1)c1ccc(F)cc1F. The summed E-state index contributed by atoms with van der Waals surface area (Å²) >= 11 is 1.56. The van der Waals surface area contributed by atoms with E-state index in [0.29, 0.717) is 11.4 Å². The van der Waals surface area contributed by atoms with E-state index in [0.717, 1.165) is 17.0 Å². The molecule has 3 rings (SSSR count). The van der Waals surface area contributed by atoms with Crippen molar-refractivity contribution in [3.63, 3.8) is 0 Å². The zero-order chi connectivity index (χ0) is 19.1. The van der Waals surface area contributed by atoms with Crippen LogP contribution in [-0.4, -0.2) is 16.6 Å². The Morgan fingerprint density at radius 3 is 2.48 bits per heavy atom. The van der Waals surface area contributed by atoms with Crippen LogP contribution < -0.4 is 4.90 Å². The quantitative estimate of drug-likeness (QED) is 0.533. The van der Waals surface area contributed by atoms with E-state index in [9.17, 15) is 13.6 Å². The first-order chi connectivity index (χ1) is 13.1. The Labute approximate surface area is 161 Å². The molecule has 0 spiro atoms. The lowest BCUT2D eigenvalue weighted by Gasteiger charge is -2.23. The number of thioether (sulfide) groups is 1. The summed E-state index contributed by atoms with van der Waals surface area (Å²) in [5, 5.41) is 0. The fourth-order valence-corrected chi connectivity index (χ4v) is 3.43. The molecule has 2 aromatic carbocycles. The smallest absolute Gasteiger partial charge is 0.228 e. The fourth-order valence-electron chi connectivity index (χ4n) is 2.57. The number of aromatic nitrogens is 1. The van der Waals surface area contributed by atoms with E-state index in [1.54, 1.807) is 36.2 Å². The summed E-state index contributed by atoms with van der Waals surface area (Å²) in [7, 11) is 0. The number of hydrogen-bond acceptors (Lipinski definition) is 3. The minimum atomic E-state index is -0.769. The van der Waals surface area contributed by atoms with Crippen molar-refractivity contribution in [1.29, 1.82) is 0 Å². The van der Waals surface area contributed by atoms with Gasteiger partial charge >= 0.3 is 0 Å². The Morgan fingerprint density at radius 2 is 1.78 bits per heavy atom. The number of carbonyl (C=O) groups is 1. The zero-order valence-electron chi connectivity index (χ0n) is 14.5. The molecule has 0 unspecified atom stereocenters. The number of hydrogen-bond donors (Lipinski definition) is 0. The predicted octanol–water partition coefficient (Wildman–Crippen LogP) is 5.08. The maximum absolute atomic E-state index is 14.3. The largest absolute Gasteiger partial charge is 0.304 e. The number of anilines is 1. The van der Waals surface area contributed by atoms with Crippen LogP contribution in [0.5, 0.6) is 0 Å². The minimum Gasteiger partial charge on any atom is -0.304 e. The molecule has 1 amide bonds. The molecule has 6 heteroatoms. The highest BCUT2D eigenvalue weighted by molar-refractivity contribution is 7.99. The van der Waals surface area contributed by atoms with E-state index in [1.165, 1.54) is 11.0 Å². The van der Waals surface area contributed by atoms with Crippen LogP contribution in [0.25, 0.3) is 0 Å². The Hall–Kier alpha value is -2.73. The number of carbonyl (C=O) groups excluding carboxylic acids is 1. The van der Waals surface area contributed by atoms with Gasteiger partial charge in [0, 0.05) is 29.3 Å². The topological polar surface area (TPSA) is 33.2 Å². The lowest BCUT2D eigenvalue weighted by Crippen LogP contribution is -2.31. The summed E-state index contributed by atoms with van der Waals surface area (Å²) in [5.74, 6) is -1.13. The molecule has 1 aromatic heterocycles. The van der Waals surface area contributed by atoms with E-state index < -0.39 is 11.6 Å². The molecule has 0 saturated carbocycles. The minimum absolute atomic E-state index is 0.0526. The van der Waals surface area contributed by atoms with Gasteiger partial charge < -0.3 is 4.90 Å². The zero-order valence-corrected chi connectivity index (χ0v) is 15.3. The molecule has 0 N–H and O–H groups in total. The second-order valence-electron chi connectivity index (χ2n) is 5.81. The molecule has 0 aliphatic carbocycles. The van der Waals surface area contributed by atoms with Gasteiger partial charge in [-0.05, 0) is 36.4 Å². The van der Waals surface area contributed by atoms with Gasteiger partial charge in [0.15, 0.2) is 0 Å². The van der Waals surface area contributed by atoms with Gasteiger partial charge in [-0.15, -0.1) is 11.8 Å². The molecule has 0 bridgehead atoms. The molecule has 0 aliphatic rings. The second-order valence-corrected chi connectivity index (χ2v) is 6.98. The van der Waals surface area contributed by atoms with Crippen LogP contribution in [-0.2, 0) is 11.3 Å². The number of pyridine rings is 1. The summed E-state index contributed by atoms with van der Waals surface area (Å²) < 4.78 is 27.6. The summed E-state index contributed by atoms with van der Waals surface area (Å²) in [6.07, 6.45) is 1.84. The number of halogens is 2. The molecule has 0 radical (unpaired) electrons. The molecule has 138 valence electrons. The number of rotatable bonds is 7. The number of nitrogens with zero attached hydrogens (tertiary/aromatic N) is 2. The van der Waals surface area contributed by atoms with Crippen LogP contribution in [0.15, 0.2) is 77.8 Å². The molecule has 0 fully saturated rings. The predicted molar refractivity (Wildman–Crippen MR) is 104 cm³/mol. The normalized spacial score (nSPS) is 10.6. The van der Waals surface area contributed by atoms with Gasteiger partial charge in [0.1, 0.15) is 11.6 Å². The van der Waals surface area contributed by atoms with Crippen LogP contribution in [0.4, 0.5) is 14.5 Å². The highest BCUT2D eigenvalue weighted by Crippen LogP contribution is 2.24.